The van der Waals surface area contributed by atoms with E-state index in [-0.39, 0.29) is 5.41 Å². The van der Waals surface area contributed by atoms with Crippen molar-refractivity contribution in [2.75, 3.05) is 0 Å². The van der Waals surface area contributed by atoms with E-state index in [1.807, 2.05) is 0 Å². The molecule has 3 aliphatic rings. The maximum absolute atomic E-state index is 12.8. The molecule has 1 nitrogen and oxygen atoms in total. The number of benzene rings is 1. The van der Waals surface area contributed by atoms with Gasteiger partial charge >= 0.3 is 0 Å². The molecular formula is C21H27ClO. The monoisotopic (exact) mass is 330 g/mol. The largest absolute Gasteiger partial charge is 0.299 e. The molecule has 2 heteroatoms. The van der Waals surface area contributed by atoms with E-state index in [0.29, 0.717) is 29.5 Å². The number of halogens is 1. The van der Waals surface area contributed by atoms with Crippen LogP contribution in [0, 0.1) is 23.2 Å². The Labute approximate surface area is 144 Å². The smallest absolute Gasteiger partial charge is 0.139 e. The van der Waals surface area contributed by atoms with Crippen LogP contribution in [0.4, 0.5) is 0 Å². The number of Topliss-reactive ketones (excluding diaryl/α,β-unsaturated/α-hetero) is 1. The van der Waals surface area contributed by atoms with Crippen molar-refractivity contribution in [3.8, 4) is 0 Å². The van der Waals surface area contributed by atoms with E-state index in [2.05, 4.69) is 32.0 Å². The number of carbonyl (C=O) groups is 1. The topological polar surface area (TPSA) is 17.1 Å². The fourth-order valence-electron chi connectivity index (χ4n) is 6.25. The third-order valence-corrected chi connectivity index (χ3v) is 7.43. The zero-order chi connectivity index (χ0) is 16.2. The highest BCUT2D eigenvalue weighted by molar-refractivity contribution is 6.30. The molecule has 0 radical (unpaired) electrons. The lowest BCUT2D eigenvalue weighted by atomic mass is 9.54. The number of carbonyl (C=O) groups excluding carboxylic acids is 1. The second-order valence-corrected chi connectivity index (χ2v) is 8.75. The molecule has 0 aromatic heterocycles. The zero-order valence-electron chi connectivity index (χ0n) is 14.3. The van der Waals surface area contributed by atoms with Crippen LogP contribution in [-0.4, -0.2) is 5.78 Å². The van der Waals surface area contributed by atoms with Crippen LogP contribution in [-0.2, 0) is 11.2 Å². The van der Waals surface area contributed by atoms with Crippen LogP contribution < -0.4 is 0 Å². The van der Waals surface area contributed by atoms with Crippen molar-refractivity contribution in [3.05, 3.63) is 34.3 Å². The van der Waals surface area contributed by atoms with Crippen molar-refractivity contribution < 1.29 is 4.79 Å². The van der Waals surface area contributed by atoms with E-state index in [0.717, 1.165) is 24.3 Å². The van der Waals surface area contributed by atoms with Gasteiger partial charge in [-0.2, -0.15) is 0 Å². The Bertz CT molecular complexity index is 637. The first-order valence-electron chi connectivity index (χ1n) is 9.36. The van der Waals surface area contributed by atoms with Gasteiger partial charge in [0.15, 0.2) is 0 Å². The summed E-state index contributed by atoms with van der Waals surface area (Å²) in [6, 6.07) is 6.49. The van der Waals surface area contributed by atoms with Gasteiger partial charge in [0.1, 0.15) is 5.78 Å². The highest BCUT2D eigenvalue weighted by Crippen LogP contribution is 2.62. The Kier molecular flexibility index (Phi) is 3.83. The van der Waals surface area contributed by atoms with Crippen molar-refractivity contribution in [1.29, 1.82) is 0 Å². The standard InChI is InChI=1S/C21H27ClO/c1-3-4-14-12-19(23)21(2)10-9-17-16-8-6-15(22)11-13(16)5-7-18(17)20(14)21/h6,8,11,14,17-18,20H,3-5,7,9-10,12H2,1-2H3/t14-,17?,18?,20?,21-/m1/s1. The van der Waals surface area contributed by atoms with Gasteiger partial charge in [-0.15, -0.1) is 0 Å². The minimum atomic E-state index is -0.0368. The van der Waals surface area contributed by atoms with Crippen LogP contribution in [0.25, 0.3) is 0 Å². The minimum Gasteiger partial charge on any atom is -0.299 e. The Hall–Kier alpha value is -0.820. The number of rotatable bonds is 2. The maximum atomic E-state index is 12.8. The molecule has 3 unspecified atom stereocenters. The normalized spacial score (nSPS) is 38.8. The molecular weight excluding hydrogens is 304 g/mol. The second-order valence-electron chi connectivity index (χ2n) is 8.31. The predicted molar refractivity (Wildman–Crippen MR) is 94.9 cm³/mol. The first-order valence-corrected chi connectivity index (χ1v) is 9.74. The summed E-state index contributed by atoms with van der Waals surface area (Å²) in [5.41, 5.74) is 2.95. The quantitative estimate of drug-likeness (QED) is 0.670. The van der Waals surface area contributed by atoms with Crippen molar-refractivity contribution in [2.24, 2.45) is 23.2 Å². The summed E-state index contributed by atoms with van der Waals surface area (Å²) in [6.07, 6.45) is 7.90. The number of fused-ring (bicyclic) bond motifs is 5. The average Bonchev–Trinajstić information content (AvgIpc) is 2.78. The molecule has 0 N–H and O–H groups in total. The fraction of sp³-hybridized carbons (Fsp3) is 0.667. The summed E-state index contributed by atoms with van der Waals surface area (Å²) in [7, 11) is 0. The lowest BCUT2D eigenvalue weighted by Crippen LogP contribution is -2.44. The van der Waals surface area contributed by atoms with Gasteiger partial charge in [-0.25, -0.2) is 0 Å². The van der Waals surface area contributed by atoms with Gasteiger partial charge in [0.05, 0.1) is 0 Å². The van der Waals surface area contributed by atoms with E-state index in [4.69, 9.17) is 11.6 Å². The van der Waals surface area contributed by atoms with E-state index in [9.17, 15) is 4.79 Å². The molecule has 0 saturated heterocycles. The summed E-state index contributed by atoms with van der Waals surface area (Å²) >= 11 is 6.20. The van der Waals surface area contributed by atoms with Gasteiger partial charge in [-0.05, 0) is 79.0 Å². The van der Waals surface area contributed by atoms with E-state index >= 15 is 0 Å². The molecule has 0 bridgehead atoms. The van der Waals surface area contributed by atoms with Gasteiger partial charge in [-0.3, -0.25) is 4.79 Å². The Morgan fingerprint density at radius 1 is 1.30 bits per heavy atom. The van der Waals surface area contributed by atoms with Crippen molar-refractivity contribution >= 4 is 17.4 Å². The lowest BCUT2D eigenvalue weighted by molar-refractivity contribution is -0.129. The Morgan fingerprint density at radius 2 is 2.13 bits per heavy atom. The zero-order valence-corrected chi connectivity index (χ0v) is 15.0. The summed E-state index contributed by atoms with van der Waals surface area (Å²) in [4.78, 5) is 12.8. The molecule has 0 heterocycles. The Balaban J connectivity index is 1.72. The minimum absolute atomic E-state index is 0.0368. The number of ketones is 1. The number of aryl methyl sites for hydroxylation is 1. The average molecular weight is 331 g/mol. The SMILES string of the molecule is CCC[C@@H]1CC(=O)[C@@]2(C)CCC3c4ccc(Cl)cc4CCC3C12. The summed E-state index contributed by atoms with van der Waals surface area (Å²) < 4.78 is 0. The fourth-order valence-corrected chi connectivity index (χ4v) is 6.44. The Morgan fingerprint density at radius 3 is 2.91 bits per heavy atom. The molecule has 3 aliphatic carbocycles. The van der Waals surface area contributed by atoms with Crippen LogP contribution in [0.3, 0.4) is 0 Å². The van der Waals surface area contributed by atoms with Crippen molar-refractivity contribution in [2.45, 2.75) is 64.7 Å². The number of hydrogen-bond acceptors (Lipinski definition) is 1. The van der Waals surface area contributed by atoms with Crippen LogP contribution in [0.1, 0.15) is 69.4 Å². The van der Waals surface area contributed by atoms with Gasteiger partial charge in [-0.1, -0.05) is 37.9 Å². The third kappa shape index (κ3) is 2.30. The van der Waals surface area contributed by atoms with Crippen LogP contribution >= 0.6 is 11.6 Å². The first-order chi connectivity index (χ1) is 11.0. The predicted octanol–water partition coefficient (Wildman–Crippen LogP) is 5.79. The van der Waals surface area contributed by atoms with Crippen molar-refractivity contribution in [3.63, 3.8) is 0 Å². The molecule has 2 fully saturated rings. The van der Waals surface area contributed by atoms with Crippen molar-refractivity contribution in [1.82, 2.24) is 0 Å². The van der Waals surface area contributed by atoms with E-state index in [1.165, 1.54) is 36.8 Å². The van der Waals surface area contributed by atoms with Gasteiger partial charge in [0, 0.05) is 16.9 Å². The highest BCUT2D eigenvalue weighted by atomic mass is 35.5. The molecule has 5 atom stereocenters. The van der Waals surface area contributed by atoms with E-state index in [1.54, 1.807) is 0 Å². The third-order valence-electron chi connectivity index (χ3n) is 7.19. The lowest BCUT2D eigenvalue weighted by Gasteiger charge is -2.50. The molecule has 2 saturated carbocycles. The highest BCUT2D eigenvalue weighted by Gasteiger charge is 2.58. The molecule has 1 aromatic rings. The molecule has 124 valence electrons. The summed E-state index contributed by atoms with van der Waals surface area (Å²) in [6.45, 7) is 4.54. The molecule has 4 rings (SSSR count). The molecule has 1 aromatic carbocycles. The van der Waals surface area contributed by atoms with Crippen LogP contribution in [0.2, 0.25) is 5.02 Å². The second kappa shape index (κ2) is 5.62. The number of hydrogen-bond donors (Lipinski definition) is 0. The first kappa shape index (κ1) is 15.7. The summed E-state index contributed by atoms with van der Waals surface area (Å²) in [5, 5.41) is 0.864. The van der Waals surface area contributed by atoms with Gasteiger partial charge < -0.3 is 0 Å². The molecule has 0 aliphatic heterocycles. The van der Waals surface area contributed by atoms with Gasteiger partial charge in [0.2, 0.25) is 0 Å². The van der Waals surface area contributed by atoms with Gasteiger partial charge in [0.25, 0.3) is 0 Å². The molecule has 0 spiro atoms. The summed E-state index contributed by atoms with van der Waals surface area (Å²) in [5.74, 6) is 3.14. The van der Waals surface area contributed by atoms with Crippen LogP contribution in [0.5, 0.6) is 0 Å². The van der Waals surface area contributed by atoms with E-state index < -0.39 is 0 Å². The van der Waals surface area contributed by atoms with Crippen LogP contribution in [0.15, 0.2) is 18.2 Å². The molecule has 23 heavy (non-hydrogen) atoms. The molecule has 0 amide bonds. The maximum Gasteiger partial charge on any atom is 0.139 e.